The molecule has 1 N–H and O–H groups in total. The van der Waals surface area contributed by atoms with E-state index in [1.807, 2.05) is 38.5 Å². The number of hydrogen-bond donors (Lipinski definition) is 1. The molecule has 1 aliphatic rings. The molecule has 1 fully saturated rings. The van der Waals surface area contributed by atoms with E-state index in [0.717, 1.165) is 0 Å². The Morgan fingerprint density at radius 2 is 1.89 bits per heavy atom. The van der Waals surface area contributed by atoms with Gasteiger partial charge in [0.2, 0.25) is 0 Å². The number of amides is 1. The molecule has 38 heavy (non-hydrogen) atoms. The van der Waals surface area contributed by atoms with Crippen LogP contribution in [0.3, 0.4) is 0 Å². The third kappa shape index (κ3) is 6.24. The Hall–Kier alpha value is -3.24. The van der Waals surface area contributed by atoms with Crippen molar-refractivity contribution in [3.8, 4) is 11.6 Å². The van der Waals surface area contributed by atoms with Crippen molar-refractivity contribution in [3.05, 3.63) is 72.9 Å². The molecule has 1 aromatic carbocycles. The Balaban J connectivity index is 0.000000956. The third-order valence-electron chi connectivity index (χ3n) is 6.03. The van der Waals surface area contributed by atoms with E-state index in [1.165, 1.54) is 35.4 Å². The van der Waals surface area contributed by atoms with Crippen LogP contribution in [0, 0.1) is 18.7 Å². The topological polar surface area (TPSA) is 123 Å². The van der Waals surface area contributed by atoms with Crippen LogP contribution in [0.5, 0.6) is 5.75 Å². The van der Waals surface area contributed by atoms with Gasteiger partial charge in [-0.05, 0) is 25.0 Å². The number of hydrogen-bond acceptors (Lipinski definition) is 7. The molecule has 0 bridgehead atoms. The number of aromatic nitrogens is 5. The zero-order valence-electron chi connectivity index (χ0n) is 21.5. The fourth-order valence-corrected chi connectivity index (χ4v) is 4.18. The summed E-state index contributed by atoms with van der Waals surface area (Å²) in [6.07, 6.45) is 9.94. The predicted molar refractivity (Wildman–Crippen MR) is 136 cm³/mol. The number of rotatable bonds is 8. The van der Waals surface area contributed by atoms with Gasteiger partial charge in [-0.2, -0.15) is 13.8 Å². The summed E-state index contributed by atoms with van der Waals surface area (Å²) < 4.78 is 6.80. The van der Waals surface area contributed by atoms with Gasteiger partial charge in [-0.3, -0.25) is 19.5 Å². The number of fused-ring (bicyclic) bond motifs is 1. The Kier molecular flexibility index (Phi) is 10.4. The smallest absolute Gasteiger partial charge is 0.295 e. The minimum absolute atomic E-state index is 0. The van der Waals surface area contributed by atoms with Crippen LogP contribution in [0.15, 0.2) is 49.1 Å². The number of ether oxygens (including phenoxy) is 1. The summed E-state index contributed by atoms with van der Waals surface area (Å²) in [6, 6.07) is 9.15. The van der Waals surface area contributed by atoms with Crippen LogP contribution >= 0.6 is 0 Å². The van der Waals surface area contributed by atoms with Crippen molar-refractivity contribution in [2.75, 3.05) is 20.2 Å². The van der Waals surface area contributed by atoms with E-state index in [9.17, 15) is 14.4 Å². The van der Waals surface area contributed by atoms with Gasteiger partial charge in [0.05, 0.1) is 29.8 Å². The molecule has 1 saturated heterocycles. The number of ketones is 2. The first-order chi connectivity index (χ1) is 18.0. The second-order valence-corrected chi connectivity index (χ2v) is 8.70. The Labute approximate surface area is 246 Å². The number of carbonyl (C=O) groups is 3. The molecule has 0 spiro atoms. The number of pyridine rings is 1. The van der Waals surface area contributed by atoms with E-state index in [0.29, 0.717) is 54.0 Å². The number of likely N-dealkylation sites (tertiary alicyclic amines) is 1. The summed E-state index contributed by atoms with van der Waals surface area (Å²) >= 11 is 0. The minimum Gasteiger partial charge on any atom is -0.494 e. The maximum absolute atomic E-state index is 13.1. The first-order valence-electron chi connectivity index (χ1n) is 12.0. The van der Waals surface area contributed by atoms with E-state index in [2.05, 4.69) is 26.4 Å². The first kappa shape index (κ1) is 29.3. The van der Waals surface area contributed by atoms with Crippen molar-refractivity contribution in [1.29, 1.82) is 0 Å². The Bertz CT molecular complexity index is 1380. The number of aromatic amines is 1. The largest absolute Gasteiger partial charge is 0.494 e. The molecule has 0 aliphatic carbocycles. The molecule has 4 heterocycles. The van der Waals surface area contributed by atoms with Gasteiger partial charge < -0.3 is 30.7 Å². The van der Waals surface area contributed by atoms with Gasteiger partial charge in [0.25, 0.3) is 11.7 Å². The minimum atomic E-state index is -0.634. The van der Waals surface area contributed by atoms with Crippen molar-refractivity contribution < 1.29 is 51.8 Å². The van der Waals surface area contributed by atoms with E-state index in [4.69, 9.17) is 4.74 Å². The number of methoxy groups -OCH3 is 1. The van der Waals surface area contributed by atoms with E-state index < -0.39 is 11.7 Å². The maximum atomic E-state index is 13.1. The van der Waals surface area contributed by atoms with E-state index in [1.54, 1.807) is 12.1 Å². The second kappa shape index (κ2) is 13.5. The SMILES string of the molecule is COc1cnc(-n2cn[c-]n2)c2[nH]cc(C(=O)C(=O)N3CC(CCC(=O)c4ccccc4)C3)c12.C[CH-]C.[Y]. The van der Waals surface area contributed by atoms with Crippen LogP contribution in [-0.2, 0) is 37.5 Å². The fourth-order valence-electron chi connectivity index (χ4n) is 4.18. The summed E-state index contributed by atoms with van der Waals surface area (Å²) in [5.74, 6) is -0.168. The van der Waals surface area contributed by atoms with Gasteiger partial charge in [0.15, 0.2) is 11.6 Å². The fraction of sp³-hybridized carbons (Fsp3) is 0.296. The Morgan fingerprint density at radius 1 is 1.18 bits per heavy atom. The van der Waals surface area contributed by atoms with Crippen molar-refractivity contribution in [2.45, 2.75) is 26.7 Å². The molecule has 4 aromatic rings. The number of benzene rings is 1. The average Bonchev–Trinajstić information content (AvgIpc) is 3.58. The molecule has 3 aromatic heterocycles. The van der Waals surface area contributed by atoms with E-state index in [-0.39, 0.29) is 50.0 Å². The summed E-state index contributed by atoms with van der Waals surface area (Å²) in [5.41, 5.74) is 1.39. The molecule has 1 aliphatic heterocycles. The molecule has 0 saturated carbocycles. The van der Waals surface area contributed by atoms with Crippen molar-refractivity contribution in [1.82, 2.24) is 29.6 Å². The number of carbonyl (C=O) groups excluding carboxylic acids is 3. The Morgan fingerprint density at radius 3 is 2.53 bits per heavy atom. The van der Waals surface area contributed by atoms with Crippen LogP contribution in [0.25, 0.3) is 16.7 Å². The summed E-state index contributed by atoms with van der Waals surface area (Å²) in [7, 11) is 1.47. The molecule has 11 heteroatoms. The van der Waals surface area contributed by atoms with Crippen LogP contribution in [0.1, 0.15) is 47.4 Å². The standard InChI is InChI=1S/C24H21N6O4.C3H7.Y/c1-34-19-10-27-23(30-14-25-13-28-30)21-20(19)17(9-26-21)22(32)24(33)29-11-15(12-29)7-8-18(31)16-5-3-2-4-6-16;1-3-2;/h2-6,9-10,14-15,26H,7-8,11-12H2,1H3;3H,1-2H3;/q2*-1;. The van der Waals surface area contributed by atoms with Crippen LogP contribution in [0.4, 0.5) is 0 Å². The van der Waals surface area contributed by atoms with Crippen molar-refractivity contribution in [2.24, 2.45) is 5.92 Å². The third-order valence-corrected chi connectivity index (χ3v) is 6.03. The van der Waals surface area contributed by atoms with Gasteiger partial charge in [-0.15, -0.1) is 0 Å². The molecular formula is C27H28N6O4Y-2. The summed E-state index contributed by atoms with van der Waals surface area (Å²) in [4.78, 5) is 50.9. The van der Waals surface area contributed by atoms with Crippen molar-refractivity contribution >= 4 is 28.4 Å². The van der Waals surface area contributed by atoms with Gasteiger partial charge >= 0.3 is 0 Å². The number of nitrogens with one attached hydrogen (secondary N) is 1. The van der Waals surface area contributed by atoms with Crippen LogP contribution < -0.4 is 4.74 Å². The van der Waals surface area contributed by atoms with Gasteiger partial charge in [-0.1, -0.05) is 30.3 Å². The second-order valence-electron chi connectivity index (χ2n) is 8.70. The quantitative estimate of drug-likeness (QED) is 0.190. The molecule has 10 nitrogen and oxygen atoms in total. The normalized spacial score (nSPS) is 12.7. The molecule has 0 unspecified atom stereocenters. The molecule has 1 radical (unpaired) electrons. The van der Waals surface area contributed by atoms with Crippen LogP contribution in [-0.4, -0.2) is 67.3 Å². The summed E-state index contributed by atoms with van der Waals surface area (Å²) in [6.45, 7) is 4.90. The molecule has 195 valence electrons. The zero-order valence-corrected chi connectivity index (χ0v) is 24.4. The van der Waals surface area contributed by atoms with Crippen molar-refractivity contribution in [3.63, 3.8) is 0 Å². The molecule has 5 rings (SSSR count). The van der Waals surface area contributed by atoms with Gasteiger partial charge in [0.1, 0.15) is 5.75 Å². The number of Topliss-reactive ketones (excluding diaryl/α,β-unsaturated/α-hetero) is 2. The predicted octanol–water partition coefficient (Wildman–Crippen LogP) is 3.48. The zero-order chi connectivity index (χ0) is 26.4. The maximum Gasteiger partial charge on any atom is 0.295 e. The van der Waals surface area contributed by atoms with Gasteiger partial charge in [0, 0.05) is 64.0 Å². The average molecular weight is 589 g/mol. The number of nitrogens with zero attached hydrogens (tertiary/aromatic N) is 5. The first-order valence-corrected chi connectivity index (χ1v) is 12.0. The summed E-state index contributed by atoms with van der Waals surface area (Å²) in [5, 5.41) is 4.41. The molecule has 1 amide bonds. The van der Waals surface area contributed by atoms with E-state index >= 15 is 0 Å². The molecular weight excluding hydrogens is 561 g/mol. The molecule has 0 atom stereocenters. The monoisotopic (exact) mass is 589 g/mol. The number of H-pyrrole nitrogens is 1. The van der Waals surface area contributed by atoms with Gasteiger partial charge in [-0.25, -0.2) is 4.98 Å². The van der Waals surface area contributed by atoms with Crippen LogP contribution in [0.2, 0.25) is 0 Å².